The van der Waals surface area contributed by atoms with Gasteiger partial charge >= 0.3 is 12.1 Å². The smallest absolute Gasteiger partial charge is 0.373 e. The molecule has 6 aliphatic rings. The number of allylic oxidation sites excluding steroid dienone is 9. The molecule has 0 radical (unpaired) electrons. The van der Waals surface area contributed by atoms with Crippen LogP contribution in [0.3, 0.4) is 0 Å². The number of phenols is 2. The van der Waals surface area contributed by atoms with E-state index in [4.69, 9.17) is 14.7 Å². The number of hydrogen-bond acceptors (Lipinski definition) is 16. The van der Waals surface area contributed by atoms with E-state index in [1.165, 1.54) is 54.8 Å². The van der Waals surface area contributed by atoms with Crippen LogP contribution in [0.1, 0.15) is 92.4 Å². The molecule has 1 aromatic heterocycles. The Labute approximate surface area is 381 Å². The molecule has 3 aromatic rings. The van der Waals surface area contributed by atoms with Crippen LogP contribution in [0.15, 0.2) is 125 Å². The number of benzene rings is 2. The zero-order valence-corrected chi connectivity index (χ0v) is 36.6. The predicted molar refractivity (Wildman–Crippen MR) is 236 cm³/mol. The van der Waals surface area contributed by atoms with Gasteiger partial charge in [0.25, 0.3) is 5.78 Å². The highest BCUT2D eigenvalue weighted by Gasteiger charge is 2.38. The molecule has 9 rings (SSSR count). The van der Waals surface area contributed by atoms with Gasteiger partial charge in [0.15, 0.2) is 17.3 Å². The molecule has 2 aromatic carbocycles. The van der Waals surface area contributed by atoms with Gasteiger partial charge in [0, 0.05) is 65.0 Å². The molecule has 17 heteroatoms. The van der Waals surface area contributed by atoms with Gasteiger partial charge in [-0.05, 0) is 71.9 Å². The number of carboxylic acid groups (broad SMARTS) is 1. The van der Waals surface area contributed by atoms with E-state index in [-0.39, 0.29) is 69.0 Å². The van der Waals surface area contributed by atoms with Crippen molar-refractivity contribution in [3.05, 3.63) is 164 Å². The number of phenolic OH excluding ortho intramolecular Hbond substituents is 2. The molecule has 1 aliphatic heterocycles. The lowest BCUT2D eigenvalue weighted by atomic mass is 9.78. The number of pyridine rings is 1. The fourth-order valence-corrected chi connectivity index (χ4v) is 7.83. The predicted octanol–water partition coefficient (Wildman–Crippen LogP) is 4.21. The molecule has 5 N–H and O–H groups in total. The van der Waals surface area contributed by atoms with Gasteiger partial charge in [-0.3, -0.25) is 38.5 Å². The highest BCUT2D eigenvalue weighted by atomic mass is 16.4. The van der Waals surface area contributed by atoms with E-state index in [1.807, 2.05) is 27.7 Å². The number of fused-ring (bicyclic) bond motifs is 5. The van der Waals surface area contributed by atoms with Crippen LogP contribution in [0.5, 0.6) is 11.5 Å². The second kappa shape index (κ2) is 19.8. The fraction of sp³-hybridized carbons (Fsp3) is 0.200. The maximum absolute atomic E-state index is 12.2. The quantitative estimate of drug-likeness (QED) is 0.0815. The Morgan fingerprint density at radius 1 is 0.791 bits per heavy atom. The number of β-amino-alcohol motifs (C(OH)–C–C–N with tert-alkyl or cyclic N) is 1. The molecule has 2 heterocycles. The molecule has 1 atom stereocenters. The van der Waals surface area contributed by atoms with Crippen LogP contribution in [-0.2, 0) is 28.8 Å². The second-order valence-corrected chi connectivity index (χ2v) is 16.5. The summed E-state index contributed by atoms with van der Waals surface area (Å²) in [6.45, 7) is 12.0. The van der Waals surface area contributed by atoms with Crippen LogP contribution < -0.4 is 0 Å². The molecule has 0 amide bonds. The zero-order valence-electron chi connectivity index (χ0n) is 36.6. The van der Waals surface area contributed by atoms with Crippen molar-refractivity contribution in [1.82, 2.24) is 9.88 Å². The van der Waals surface area contributed by atoms with E-state index >= 15 is 0 Å². The molecule has 5 aliphatic carbocycles. The summed E-state index contributed by atoms with van der Waals surface area (Å²) in [5, 5.41) is 47.3. The molecule has 0 spiro atoms. The maximum Gasteiger partial charge on any atom is 0.373 e. The van der Waals surface area contributed by atoms with Gasteiger partial charge < -0.3 is 30.4 Å². The van der Waals surface area contributed by atoms with Gasteiger partial charge in [-0.2, -0.15) is 9.59 Å². The average Bonchev–Trinajstić information content (AvgIpc) is 3.80. The number of ketones is 7. The largest absolute Gasteiger partial charge is 0.507 e. The lowest BCUT2D eigenvalue weighted by Crippen LogP contribution is -2.25. The number of carbonyl (C=O) groups excluding carboxylic acids is 9. The number of aliphatic hydroxyl groups is 2. The van der Waals surface area contributed by atoms with Crippen LogP contribution in [0.25, 0.3) is 5.57 Å². The lowest BCUT2D eigenvalue weighted by Gasteiger charge is -2.27. The number of carboxylic acids is 1. The number of rotatable bonds is 2. The third-order valence-corrected chi connectivity index (χ3v) is 10.9. The van der Waals surface area contributed by atoms with E-state index in [0.29, 0.717) is 52.1 Å². The van der Waals surface area contributed by atoms with Crippen molar-refractivity contribution in [2.45, 2.75) is 40.2 Å². The summed E-state index contributed by atoms with van der Waals surface area (Å²) in [4.78, 5) is 115. The van der Waals surface area contributed by atoms with Crippen molar-refractivity contribution in [1.29, 1.82) is 0 Å². The first-order valence-corrected chi connectivity index (χ1v) is 20.1. The Bertz CT molecular complexity index is 2880. The molecule has 342 valence electrons. The minimum absolute atomic E-state index is 0.0152. The first-order chi connectivity index (χ1) is 31.5. The molecular weight excluding hydrogens is 869 g/mol. The third kappa shape index (κ3) is 9.99. The van der Waals surface area contributed by atoms with Crippen molar-refractivity contribution >= 4 is 58.2 Å². The maximum atomic E-state index is 12.2. The molecule has 1 fully saturated rings. The van der Waals surface area contributed by atoms with Crippen molar-refractivity contribution in [3.63, 3.8) is 0 Å². The summed E-state index contributed by atoms with van der Waals surface area (Å²) in [6, 6.07) is 10.1. The summed E-state index contributed by atoms with van der Waals surface area (Å²) < 4.78 is 0. The summed E-state index contributed by atoms with van der Waals surface area (Å²) >= 11 is 0. The van der Waals surface area contributed by atoms with Crippen LogP contribution in [0.2, 0.25) is 0 Å². The van der Waals surface area contributed by atoms with Crippen LogP contribution in [0, 0.1) is 5.41 Å². The first-order valence-electron chi connectivity index (χ1n) is 20.1. The van der Waals surface area contributed by atoms with Crippen molar-refractivity contribution in [2.75, 3.05) is 20.2 Å². The highest BCUT2D eigenvalue weighted by molar-refractivity contribution is 6.53. The van der Waals surface area contributed by atoms with Crippen molar-refractivity contribution in [3.8, 4) is 11.5 Å². The minimum atomic E-state index is -1.13. The number of aliphatic hydroxyl groups excluding tert-OH is 2. The Morgan fingerprint density at radius 3 is 1.87 bits per heavy atom. The molecule has 67 heavy (non-hydrogen) atoms. The average molecular weight is 911 g/mol. The Morgan fingerprint density at radius 2 is 1.34 bits per heavy atom. The van der Waals surface area contributed by atoms with Crippen LogP contribution in [0.4, 0.5) is 0 Å². The van der Waals surface area contributed by atoms with Crippen molar-refractivity contribution in [2.24, 2.45) is 5.41 Å². The van der Waals surface area contributed by atoms with Gasteiger partial charge in [0.05, 0.1) is 29.4 Å². The number of aromatic hydroxyl groups is 2. The van der Waals surface area contributed by atoms with Gasteiger partial charge in [-0.25, -0.2) is 4.79 Å². The van der Waals surface area contributed by atoms with Gasteiger partial charge in [-0.1, -0.05) is 63.3 Å². The number of hydrogen-bond donors (Lipinski definition) is 5. The van der Waals surface area contributed by atoms with Gasteiger partial charge in [0.1, 0.15) is 17.2 Å². The summed E-state index contributed by atoms with van der Waals surface area (Å²) in [5.41, 5.74) is 5.68. The molecule has 1 saturated heterocycles. The number of carbonyl (C=O) groups is 8. The lowest BCUT2D eigenvalue weighted by molar-refractivity contribution is -0.191. The molecule has 0 saturated carbocycles. The number of likely N-dealkylation sites (tertiary alicyclic amines) is 1. The number of nitrogens with zero attached hydrogens (tertiary/aromatic N) is 2. The van der Waals surface area contributed by atoms with Gasteiger partial charge in [0.2, 0.25) is 17.3 Å². The van der Waals surface area contributed by atoms with Crippen LogP contribution in [-0.4, -0.2) is 114 Å². The Kier molecular flexibility index (Phi) is 14.7. The van der Waals surface area contributed by atoms with Crippen molar-refractivity contribution < 1.29 is 73.5 Å². The van der Waals surface area contributed by atoms with E-state index in [0.717, 1.165) is 11.1 Å². The second-order valence-electron chi connectivity index (χ2n) is 16.5. The first kappa shape index (κ1) is 49.6. The number of aromatic nitrogens is 1. The minimum Gasteiger partial charge on any atom is -0.507 e. The molecule has 0 bridgehead atoms. The third-order valence-electron chi connectivity index (χ3n) is 10.9. The van der Waals surface area contributed by atoms with Crippen LogP contribution >= 0.6 is 0 Å². The molecule has 1 unspecified atom stereocenters. The topological polar surface area (TPSA) is 288 Å². The molecular formula is C50H42N2O15. The Hall–Kier alpha value is -8.37. The Balaban J connectivity index is 0.000000166. The summed E-state index contributed by atoms with van der Waals surface area (Å²) in [5.74, 6) is -5.13. The van der Waals surface area contributed by atoms with E-state index in [2.05, 4.69) is 11.6 Å². The SMILES string of the molecule is C=C1C=C(C(C)(C)C)C(CO)=CC1=O.CC1=CC2=C(C1)c1c(C(=O)O)ccnc1C(=O)C2=O.CN1CC(O)C2=CC(=O)C(=O)C=C21.O=C1c2ccccc2C(=O)c2c(O)ccc(O)c21.O=C=O. The van der Waals surface area contributed by atoms with E-state index < -0.39 is 46.8 Å². The number of Topliss-reactive ketones (excluding diaryl/α,β-unsaturated/α-hetero) is 2. The van der Waals surface area contributed by atoms with Gasteiger partial charge in [-0.15, -0.1) is 0 Å². The van der Waals surface area contributed by atoms with E-state index in [9.17, 15) is 58.8 Å². The summed E-state index contributed by atoms with van der Waals surface area (Å²) in [7, 11) is 1.78. The summed E-state index contributed by atoms with van der Waals surface area (Å²) in [6.07, 6.45) is 8.74. The molecule has 17 nitrogen and oxygen atoms in total. The monoisotopic (exact) mass is 910 g/mol. The fourth-order valence-electron chi connectivity index (χ4n) is 7.83. The highest BCUT2D eigenvalue weighted by Crippen LogP contribution is 2.41. The zero-order chi connectivity index (χ0) is 49.8. The number of likely N-dealkylation sites (N-methyl/N-ethyl adjacent to an activating group) is 1. The number of aromatic carboxylic acids is 1. The van der Waals surface area contributed by atoms with E-state index in [1.54, 1.807) is 36.2 Å². The normalized spacial score (nSPS) is 17.6. The standard InChI is InChI=1S/C14H9NO4.C14H8O4.C12H16O2.C9H9NO3.CO2/c1-6-4-8-9(5-6)12(16)13(17)11-10(8)7(14(18)19)2-3-15-11;15-9-5-6-10(16)12-11(9)13(17)7-3-1-2-4-8(7)14(12)18;1-8-5-10(12(2,3)4)9(7-13)6-11(8)14;1-10-4-9(13)5-2-7(11)8(12)3-6(5)10;2-1-3/h2-3,5H,4H2,1H3,(H,18,19);1-6,15-16H;5-6,13H,1,7H2,2-4H3;2-3,9,13H,4H2,1H3;.